The first-order valence-corrected chi connectivity index (χ1v) is 10.4. The van der Waals surface area contributed by atoms with Crippen molar-refractivity contribution in [2.24, 2.45) is 0 Å². The molecule has 1 N–H and O–H groups in total. The van der Waals surface area contributed by atoms with E-state index >= 15 is 0 Å². The fourth-order valence-electron chi connectivity index (χ4n) is 2.98. The molecule has 1 saturated heterocycles. The van der Waals surface area contributed by atoms with E-state index in [0.717, 1.165) is 43.2 Å². The third-order valence-electron chi connectivity index (χ3n) is 4.59. The van der Waals surface area contributed by atoms with Gasteiger partial charge in [-0.05, 0) is 43.3 Å². The van der Waals surface area contributed by atoms with Crippen LogP contribution in [-0.2, 0) is 9.53 Å². The van der Waals surface area contributed by atoms with Crippen molar-refractivity contribution in [1.82, 2.24) is 10.2 Å². The molecule has 1 aliphatic rings. The van der Waals surface area contributed by atoms with Crippen LogP contribution in [0.3, 0.4) is 0 Å². The molecule has 0 spiro atoms. The van der Waals surface area contributed by atoms with Gasteiger partial charge in [0.25, 0.3) is 5.22 Å². The molecule has 1 atom stereocenters. The van der Waals surface area contributed by atoms with E-state index in [-0.39, 0.29) is 11.2 Å². The highest BCUT2D eigenvalue weighted by molar-refractivity contribution is 8.00. The Morgan fingerprint density at radius 3 is 2.52 bits per heavy atom. The molecule has 1 aromatic heterocycles. The van der Waals surface area contributed by atoms with Gasteiger partial charge in [0.05, 0.1) is 18.5 Å². The van der Waals surface area contributed by atoms with Crippen LogP contribution in [0.4, 0.5) is 11.4 Å². The topological polar surface area (TPSA) is 80.5 Å². The van der Waals surface area contributed by atoms with Crippen LogP contribution in [0.15, 0.2) is 64.2 Å². The lowest BCUT2D eigenvalue weighted by Crippen LogP contribution is -2.36. The third kappa shape index (κ3) is 4.96. The molecule has 1 amide bonds. The Morgan fingerprint density at radius 1 is 1.07 bits per heavy atom. The SMILES string of the molecule is CC(Sc1nnc(-c2ccccc2)o1)C(=O)Nc1ccc(N2CCOCC2)cc1. The molecule has 0 saturated carbocycles. The lowest BCUT2D eigenvalue weighted by atomic mass is 10.2. The van der Waals surface area contributed by atoms with Crippen molar-refractivity contribution < 1.29 is 13.9 Å². The van der Waals surface area contributed by atoms with Gasteiger partial charge in [-0.25, -0.2) is 0 Å². The number of thioether (sulfide) groups is 1. The van der Waals surface area contributed by atoms with E-state index in [2.05, 4.69) is 20.4 Å². The summed E-state index contributed by atoms with van der Waals surface area (Å²) in [6, 6.07) is 17.4. The predicted molar refractivity (Wildman–Crippen MR) is 113 cm³/mol. The Labute approximate surface area is 173 Å². The Bertz CT molecular complexity index is 940. The van der Waals surface area contributed by atoms with Gasteiger partial charge in [-0.3, -0.25) is 4.79 Å². The lowest BCUT2D eigenvalue weighted by Gasteiger charge is -2.28. The zero-order valence-electron chi connectivity index (χ0n) is 16.1. The van der Waals surface area contributed by atoms with Crippen LogP contribution in [0.1, 0.15) is 6.92 Å². The summed E-state index contributed by atoms with van der Waals surface area (Å²) in [6.07, 6.45) is 0. The standard InChI is InChI=1S/C21H22N4O3S/c1-15(29-21-24-23-20(28-21)16-5-3-2-4-6-16)19(26)22-17-7-9-18(10-8-17)25-11-13-27-14-12-25/h2-10,15H,11-14H2,1H3,(H,22,26). The molecule has 7 nitrogen and oxygen atoms in total. The van der Waals surface area contributed by atoms with Crippen LogP contribution in [0.2, 0.25) is 0 Å². The maximum atomic E-state index is 12.5. The van der Waals surface area contributed by atoms with Gasteiger partial charge in [0.2, 0.25) is 11.8 Å². The maximum Gasteiger partial charge on any atom is 0.277 e. The van der Waals surface area contributed by atoms with Crippen molar-refractivity contribution in [2.75, 3.05) is 36.5 Å². The van der Waals surface area contributed by atoms with Crippen LogP contribution in [-0.4, -0.2) is 47.7 Å². The van der Waals surface area contributed by atoms with Crippen LogP contribution in [0, 0.1) is 0 Å². The molecule has 2 aromatic carbocycles. The minimum absolute atomic E-state index is 0.117. The zero-order chi connectivity index (χ0) is 20.1. The summed E-state index contributed by atoms with van der Waals surface area (Å²) in [6.45, 7) is 5.07. The number of hydrogen-bond acceptors (Lipinski definition) is 7. The number of anilines is 2. The largest absolute Gasteiger partial charge is 0.411 e. The molecule has 0 bridgehead atoms. The fraction of sp³-hybridized carbons (Fsp3) is 0.286. The van der Waals surface area contributed by atoms with Gasteiger partial charge in [-0.2, -0.15) is 0 Å². The van der Waals surface area contributed by atoms with Crippen LogP contribution in [0.25, 0.3) is 11.5 Å². The van der Waals surface area contributed by atoms with Crippen molar-refractivity contribution in [3.8, 4) is 11.5 Å². The van der Waals surface area contributed by atoms with E-state index in [9.17, 15) is 4.79 Å². The molecule has 1 aliphatic heterocycles. The van der Waals surface area contributed by atoms with E-state index in [1.807, 2.05) is 61.5 Å². The zero-order valence-corrected chi connectivity index (χ0v) is 16.9. The number of morpholine rings is 1. The number of benzene rings is 2. The second-order valence-electron chi connectivity index (χ2n) is 6.63. The Kier molecular flexibility index (Phi) is 6.12. The van der Waals surface area contributed by atoms with Crippen molar-refractivity contribution >= 4 is 29.0 Å². The summed E-state index contributed by atoms with van der Waals surface area (Å²) in [5.74, 6) is 0.327. The van der Waals surface area contributed by atoms with Gasteiger partial charge in [0.15, 0.2) is 0 Å². The molecule has 1 unspecified atom stereocenters. The number of nitrogens with zero attached hydrogens (tertiary/aromatic N) is 3. The van der Waals surface area contributed by atoms with Crippen molar-refractivity contribution in [3.05, 3.63) is 54.6 Å². The number of carbonyl (C=O) groups excluding carboxylic acids is 1. The number of carbonyl (C=O) groups is 1. The summed E-state index contributed by atoms with van der Waals surface area (Å²) < 4.78 is 11.0. The number of aromatic nitrogens is 2. The Morgan fingerprint density at radius 2 is 1.79 bits per heavy atom. The van der Waals surface area contributed by atoms with E-state index in [1.165, 1.54) is 11.8 Å². The highest BCUT2D eigenvalue weighted by atomic mass is 32.2. The molecule has 29 heavy (non-hydrogen) atoms. The molecule has 3 aromatic rings. The van der Waals surface area contributed by atoms with Gasteiger partial charge in [0.1, 0.15) is 0 Å². The molecule has 8 heteroatoms. The van der Waals surface area contributed by atoms with E-state index < -0.39 is 0 Å². The first kappa shape index (κ1) is 19.5. The summed E-state index contributed by atoms with van der Waals surface area (Å²) >= 11 is 1.24. The highest BCUT2D eigenvalue weighted by Gasteiger charge is 2.19. The quantitative estimate of drug-likeness (QED) is 0.621. The summed E-state index contributed by atoms with van der Waals surface area (Å²) in [5, 5.41) is 11.0. The van der Waals surface area contributed by atoms with E-state index in [4.69, 9.17) is 9.15 Å². The first-order valence-electron chi connectivity index (χ1n) is 9.48. The van der Waals surface area contributed by atoms with Crippen molar-refractivity contribution in [3.63, 3.8) is 0 Å². The third-order valence-corrected chi connectivity index (χ3v) is 5.52. The van der Waals surface area contributed by atoms with Crippen molar-refractivity contribution in [2.45, 2.75) is 17.4 Å². The van der Waals surface area contributed by atoms with Crippen LogP contribution in [0.5, 0.6) is 0 Å². The summed E-state index contributed by atoms with van der Waals surface area (Å²) in [5.41, 5.74) is 2.74. The van der Waals surface area contributed by atoms with Gasteiger partial charge >= 0.3 is 0 Å². The second kappa shape index (κ2) is 9.11. The number of ether oxygens (including phenoxy) is 1. The molecular weight excluding hydrogens is 388 g/mol. The second-order valence-corrected chi connectivity index (χ2v) is 7.93. The van der Waals surface area contributed by atoms with Gasteiger partial charge in [0, 0.05) is 30.0 Å². The highest BCUT2D eigenvalue weighted by Crippen LogP contribution is 2.27. The van der Waals surface area contributed by atoms with Crippen LogP contribution >= 0.6 is 11.8 Å². The molecule has 0 aliphatic carbocycles. The average Bonchev–Trinajstić information content (AvgIpc) is 3.24. The van der Waals surface area contributed by atoms with E-state index in [1.54, 1.807) is 0 Å². The number of hydrogen-bond donors (Lipinski definition) is 1. The first-order chi connectivity index (χ1) is 14.2. The van der Waals surface area contributed by atoms with Gasteiger partial charge in [-0.1, -0.05) is 30.0 Å². The number of rotatable bonds is 6. The minimum atomic E-state index is -0.377. The van der Waals surface area contributed by atoms with Crippen LogP contribution < -0.4 is 10.2 Å². The molecule has 1 fully saturated rings. The minimum Gasteiger partial charge on any atom is -0.411 e. The molecule has 0 radical (unpaired) electrons. The monoisotopic (exact) mass is 410 g/mol. The maximum absolute atomic E-state index is 12.5. The molecule has 150 valence electrons. The summed E-state index contributed by atoms with van der Waals surface area (Å²) in [4.78, 5) is 14.8. The molecular formula is C21H22N4O3S. The number of amides is 1. The smallest absolute Gasteiger partial charge is 0.277 e. The fourth-order valence-corrected chi connectivity index (χ4v) is 3.66. The van der Waals surface area contributed by atoms with E-state index in [0.29, 0.717) is 11.1 Å². The molecule has 4 rings (SSSR count). The predicted octanol–water partition coefficient (Wildman–Crippen LogP) is 3.69. The van der Waals surface area contributed by atoms with Gasteiger partial charge < -0.3 is 19.4 Å². The number of nitrogens with one attached hydrogen (secondary N) is 1. The lowest BCUT2D eigenvalue weighted by molar-refractivity contribution is -0.115. The van der Waals surface area contributed by atoms with Crippen molar-refractivity contribution in [1.29, 1.82) is 0 Å². The Balaban J connectivity index is 1.33. The summed E-state index contributed by atoms with van der Waals surface area (Å²) in [7, 11) is 0. The molecule has 2 heterocycles. The average molecular weight is 410 g/mol. The normalized spacial score (nSPS) is 15.1. The Hall–Kier alpha value is -2.84. The van der Waals surface area contributed by atoms with Gasteiger partial charge in [-0.15, -0.1) is 10.2 Å².